The lowest BCUT2D eigenvalue weighted by Crippen LogP contribution is -2.31. The molecule has 0 radical (unpaired) electrons. The van der Waals surface area contributed by atoms with Gasteiger partial charge in [0, 0.05) is 0 Å². The average Bonchev–Trinajstić information content (AvgIpc) is 2.85. The predicted octanol–water partition coefficient (Wildman–Crippen LogP) is 3.57. The monoisotopic (exact) mass is 318 g/mol. The van der Waals surface area contributed by atoms with Crippen molar-refractivity contribution in [3.8, 4) is 5.75 Å². The van der Waals surface area contributed by atoms with Gasteiger partial charge in [0.1, 0.15) is 5.75 Å². The van der Waals surface area contributed by atoms with Crippen LogP contribution in [0.3, 0.4) is 0 Å². The molecular weight excluding hydrogens is 292 g/mol. The second-order valence-electron chi connectivity index (χ2n) is 7.88. The van der Waals surface area contributed by atoms with Crippen molar-refractivity contribution in [1.29, 1.82) is 0 Å². The zero-order chi connectivity index (χ0) is 16.8. The largest absolute Gasteiger partial charge is 0.482 e. The summed E-state index contributed by atoms with van der Waals surface area (Å²) in [6.07, 6.45) is 3.57. The van der Waals surface area contributed by atoms with Gasteiger partial charge in [-0.05, 0) is 65.2 Å². The van der Waals surface area contributed by atoms with Gasteiger partial charge in [-0.3, -0.25) is 0 Å². The summed E-state index contributed by atoms with van der Waals surface area (Å²) in [5.74, 6) is 0.731. The first kappa shape index (κ1) is 16.3. The van der Waals surface area contributed by atoms with E-state index in [4.69, 9.17) is 9.84 Å². The van der Waals surface area contributed by atoms with Gasteiger partial charge < -0.3 is 14.9 Å². The van der Waals surface area contributed by atoms with Crippen molar-refractivity contribution in [2.75, 3.05) is 6.61 Å². The van der Waals surface area contributed by atoms with Gasteiger partial charge in [0.15, 0.2) is 6.61 Å². The number of rotatable bonds is 5. The molecule has 2 fully saturated rings. The Balaban J connectivity index is 2.00. The second kappa shape index (κ2) is 5.52. The highest BCUT2D eigenvalue weighted by molar-refractivity contribution is 5.68. The van der Waals surface area contributed by atoms with Crippen LogP contribution < -0.4 is 4.74 Å². The van der Waals surface area contributed by atoms with Gasteiger partial charge in [-0.25, -0.2) is 4.79 Å². The number of fused-ring (bicyclic) bond motifs is 2. The summed E-state index contributed by atoms with van der Waals surface area (Å²) in [6.45, 7) is 6.73. The van der Waals surface area contributed by atoms with Crippen LogP contribution in [0.25, 0.3) is 0 Å². The van der Waals surface area contributed by atoms with Gasteiger partial charge in [-0.2, -0.15) is 0 Å². The maximum Gasteiger partial charge on any atom is 0.341 e. The highest BCUT2D eigenvalue weighted by atomic mass is 16.5. The molecule has 2 saturated carbocycles. The average molecular weight is 318 g/mol. The van der Waals surface area contributed by atoms with E-state index >= 15 is 0 Å². The molecule has 0 spiro atoms. The fraction of sp³-hybridized carbons (Fsp3) is 0.632. The van der Waals surface area contributed by atoms with Gasteiger partial charge in [-0.1, -0.05) is 26.8 Å². The van der Waals surface area contributed by atoms with Crippen LogP contribution in [0.15, 0.2) is 18.2 Å². The van der Waals surface area contributed by atoms with E-state index in [0.717, 1.165) is 17.5 Å². The molecule has 0 aromatic heterocycles. The molecule has 0 amide bonds. The summed E-state index contributed by atoms with van der Waals surface area (Å²) in [4.78, 5) is 10.9. The highest BCUT2D eigenvalue weighted by Gasteiger charge is 2.61. The Labute approximate surface area is 137 Å². The fourth-order valence-corrected chi connectivity index (χ4v) is 4.91. The molecule has 4 nitrogen and oxygen atoms in total. The zero-order valence-electron chi connectivity index (χ0n) is 14.1. The highest BCUT2D eigenvalue weighted by Crippen LogP contribution is 2.71. The van der Waals surface area contributed by atoms with Crippen molar-refractivity contribution in [3.05, 3.63) is 29.3 Å². The number of carboxylic acid groups (broad SMARTS) is 1. The number of carbonyl (C=O) groups is 1. The molecule has 3 atom stereocenters. The van der Waals surface area contributed by atoms with E-state index < -0.39 is 5.97 Å². The third-order valence-electron chi connectivity index (χ3n) is 6.78. The standard InChI is InChI=1S/C19H26O4/c1-18(2)13-6-7-19(18,3)15(9-13)14-8-12(10-20)4-5-16(14)23-11-17(21)22/h4-5,8,13,15,20H,6-7,9-11H2,1-3H3,(H,21,22). The molecule has 0 saturated heterocycles. The predicted molar refractivity (Wildman–Crippen MR) is 87.5 cm³/mol. The summed E-state index contributed by atoms with van der Waals surface area (Å²) in [5, 5.41) is 18.4. The molecule has 126 valence electrons. The van der Waals surface area contributed by atoms with Crippen LogP contribution in [-0.2, 0) is 11.4 Å². The second-order valence-corrected chi connectivity index (χ2v) is 7.88. The molecule has 3 unspecified atom stereocenters. The van der Waals surface area contributed by atoms with E-state index in [-0.39, 0.29) is 24.0 Å². The van der Waals surface area contributed by atoms with Gasteiger partial charge in [-0.15, -0.1) is 0 Å². The number of hydrogen-bond acceptors (Lipinski definition) is 3. The summed E-state index contributed by atoms with van der Waals surface area (Å²) in [5.41, 5.74) is 2.38. The number of carboxylic acids is 1. The lowest BCUT2D eigenvalue weighted by atomic mass is 9.65. The molecule has 23 heavy (non-hydrogen) atoms. The Morgan fingerprint density at radius 3 is 2.61 bits per heavy atom. The van der Waals surface area contributed by atoms with E-state index in [0.29, 0.717) is 17.6 Å². The smallest absolute Gasteiger partial charge is 0.341 e. The first-order valence-electron chi connectivity index (χ1n) is 8.38. The van der Waals surface area contributed by atoms with Crippen LogP contribution in [0.2, 0.25) is 0 Å². The lowest BCUT2D eigenvalue weighted by Gasteiger charge is -2.40. The van der Waals surface area contributed by atoms with Crippen molar-refractivity contribution >= 4 is 5.97 Å². The number of ether oxygens (including phenoxy) is 1. The van der Waals surface area contributed by atoms with Crippen molar-refractivity contribution < 1.29 is 19.7 Å². The molecule has 1 aromatic carbocycles. The minimum atomic E-state index is -0.971. The normalized spacial score (nSPS) is 31.3. The number of aliphatic carboxylic acids is 1. The van der Waals surface area contributed by atoms with Crippen LogP contribution >= 0.6 is 0 Å². The quantitative estimate of drug-likeness (QED) is 0.871. The van der Waals surface area contributed by atoms with Gasteiger partial charge in [0.05, 0.1) is 6.61 Å². The minimum Gasteiger partial charge on any atom is -0.482 e. The molecule has 0 heterocycles. The molecular formula is C19H26O4. The summed E-state index contributed by atoms with van der Waals surface area (Å²) >= 11 is 0. The van der Waals surface area contributed by atoms with Crippen molar-refractivity contribution in [3.63, 3.8) is 0 Å². The third kappa shape index (κ3) is 2.44. The zero-order valence-corrected chi connectivity index (χ0v) is 14.1. The molecule has 3 rings (SSSR count). The molecule has 0 aliphatic heterocycles. The Hall–Kier alpha value is -1.55. The first-order valence-corrected chi connectivity index (χ1v) is 8.38. The maximum absolute atomic E-state index is 10.9. The Kier molecular flexibility index (Phi) is 3.91. The van der Waals surface area contributed by atoms with Crippen molar-refractivity contribution in [1.82, 2.24) is 0 Å². The van der Waals surface area contributed by atoms with Crippen LogP contribution in [0.5, 0.6) is 5.75 Å². The summed E-state index contributed by atoms with van der Waals surface area (Å²) < 4.78 is 5.55. The van der Waals surface area contributed by atoms with Gasteiger partial charge >= 0.3 is 5.97 Å². The molecule has 2 aliphatic rings. The Morgan fingerprint density at radius 1 is 1.35 bits per heavy atom. The maximum atomic E-state index is 10.9. The Bertz CT molecular complexity index is 622. The number of aliphatic hydroxyl groups is 1. The van der Waals surface area contributed by atoms with E-state index in [9.17, 15) is 9.90 Å². The molecule has 2 bridgehead atoms. The molecule has 1 aromatic rings. The van der Waals surface area contributed by atoms with E-state index in [1.165, 1.54) is 12.8 Å². The fourth-order valence-electron chi connectivity index (χ4n) is 4.91. The minimum absolute atomic E-state index is 0.0114. The van der Waals surface area contributed by atoms with E-state index in [2.05, 4.69) is 20.8 Å². The van der Waals surface area contributed by atoms with E-state index in [1.807, 2.05) is 12.1 Å². The molecule has 2 aliphatic carbocycles. The summed E-state index contributed by atoms with van der Waals surface area (Å²) in [6, 6.07) is 5.62. The lowest BCUT2D eigenvalue weighted by molar-refractivity contribution is -0.139. The van der Waals surface area contributed by atoms with Crippen LogP contribution in [0.4, 0.5) is 0 Å². The Morgan fingerprint density at radius 2 is 2.09 bits per heavy atom. The van der Waals surface area contributed by atoms with E-state index in [1.54, 1.807) is 6.07 Å². The van der Waals surface area contributed by atoms with Crippen LogP contribution in [-0.4, -0.2) is 22.8 Å². The molecule has 2 N–H and O–H groups in total. The van der Waals surface area contributed by atoms with Crippen molar-refractivity contribution in [2.24, 2.45) is 16.7 Å². The first-order chi connectivity index (χ1) is 10.8. The number of aliphatic hydroxyl groups excluding tert-OH is 1. The van der Waals surface area contributed by atoms with Gasteiger partial charge in [0.2, 0.25) is 0 Å². The number of hydrogen-bond donors (Lipinski definition) is 2. The topological polar surface area (TPSA) is 66.8 Å². The van der Waals surface area contributed by atoms with Crippen molar-refractivity contribution in [2.45, 2.75) is 52.6 Å². The summed E-state index contributed by atoms with van der Waals surface area (Å²) in [7, 11) is 0. The van der Waals surface area contributed by atoms with Crippen LogP contribution in [0, 0.1) is 16.7 Å². The van der Waals surface area contributed by atoms with Crippen LogP contribution in [0.1, 0.15) is 57.1 Å². The third-order valence-corrected chi connectivity index (χ3v) is 6.78. The number of benzene rings is 1. The molecule has 4 heteroatoms. The SMILES string of the molecule is CC1(C)C2CCC1(C)C(c1cc(CO)ccc1OCC(=O)O)C2. The van der Waals surface area contributed by atoms with Gasteiger partial charge in [0.25, 0.3) is 0 Å².